The number of hydrogen-bond acceptors (Lipinski definition) is 8. The van der Waals surface area contributed by atoms with Crippen LogP contribution in [0.15, 0.2) is 82.6 Å². The minimum absolute atomic E-state index is 0.166. The van der Waals surface area contributed by atoms with Crippen LogP contribution in [0.1, 0.15) is 36.8 Å². The molecular formula is C32H32N6O2S2. The van der Waals surface area contributed by atoms with Crippen LogP contribution in [0.25, 0.3) is 33.4 Å². The van der Waals surface area contributed by atoms with E-state index in [0.717, 1.165) is 57.5 Å². The van der Waals surface area contributed by atoms with Crippen LogP contribution in [-0.2, 0) is 0 Å². The number of rotatable bonds is 11. The van der Waals surface area contributed by atoms with Gasteiger partial charge < -0.3 is 10.2 Å². The molecular weight excluding hydrogens is 565 g/mol. The maximum absolute atomic E-state index is 10.2. The van der Waals surface area contributed by atoms with Gasteiger partial charge in [0.2, 0.25) is 0 Å². The van der Waals surface area contributed by atoms with Gasteiger partial charge in [-0.3, -0.25) is 0 Å². The first-order valence-corrected chi connectivity index (χ1v) is 16.0. The van der Waals surface area contributed by atoms with Gasteiger partial charge in [0.05, 0.1) is 0 Å². The van der Waals surface area contributed by atoms with Crippen LogP contribution < -0.4 is 0 Å². The Morgan fingerprint density at radius 1 is 0.524 bits per heavy atom. The Kier molecular flexibility index (Phi) is 8.34. The predicted molar refractivity (Wildman–Crippen MR) is 170 cm³/mol. The number of nitrogens with zero attached hydrogens (tertiary/aromatic N) is 6. The number of aromatic hydroxyl groups is 2. The number of aryl methyl sites for hydroxylation is 2. The Morgan fingerprint density at radius 3 is 1.40 bits per heavy atom. The molecule has 0 aliphatic rings. The zero-order valence-electron chi connectivity index (χ0n) is 23.6. The molecule has 0 atom stereocenters. The maximum atomic E-state index is 10.2. The van der Waals surface area contributed by atoms with Gasteiger partial charge in [-0.15, -0.1) is 53.5 Å². The number of fused-ring (bicyclic) bond motifs is 2. The highest BCUT2D eigenvalue weighted by atomic mass is 32.2. The Labute approximate surface area is 252 Å². The van der Waals surface area contributed by atoms with Gasteiger partial charge in [-0.25, -0.2) is 0 Å². The highest BCUT2D eigenvalue weighted by Gasteiger charge is 2.11. The molecule has 214 valence electrons. The molecule has 0 spiro atoms. The quantitative estimate of drug-likeness (QED) is 0.116. The third-order valence-corrected chi connectivity index (χ3v) is 9.13. The van der Waals surface area contributed by atoms with E-state index < -0.39 is 0 Å². The lowest BCUT2D eigenvalue weighted by atomic mass is 10.2. The Balaban J connectivity index is 0.939. The lowest BCUT2D eigenvalue weighted by molar-refractivity contribution is 0.467. The molecule has 0 saturated heterocycles. The number of unbranched alkanes of at least 4 members (excludes halogenated alkanes) is 3. The molecule has 0 radical (unpaired) electrons. The molecule has 0 bridgehead atoms. The summed E-state index contributed by atoms with van der Waals surface area (Å²) in [4.78, 5) is 5.39. The molecule has 8 nitrogen and oxygen atoms in total. The second kappa shape index (κ2) is 12.5. The molecule has 4 aromatic carbocycles. The number of phenolic OH excluding ortho intramolecular Hbond substituents is 2. The van der Waals surface area contributed by atoms with Crippen LogP contribution in [0.4, 0.5) is 0 Å². The van der Waals surface area contributed by atoms with Crippen molar-refractivity contribution in [3.8, 4) is 22.9 Å². The normalized spacial score (nSPS) is 11.6. The van der Waals surface area contributed by atoms with Crippen molar-refractivity contribution in [2.75, 3.05) is 11.5 Å². The third-order valence-electron chi connectivity index (χ3n) is 6.97. The van der Waals surface area contributed by atoms with Gasteiger partial charge in [-0.05, 0) is 110 Å². The molecule has 2 heterocycles. The van der Waals surface area contributed by atoms with E-state index >= 15 is 0 Å². The van der Waals surface area contributed by atoms with E-state index in [1.165, 1.54) is 32.2 Å². The number of phenols is 2. The second-order valence-electron chi connectivity index (χ2n) is 10.4. The van der Waals surface area contributed by atoms with Crippen LogP contribution in [0.3, 0.4) is 0 Å². The average molecular weight is 597 g/mol. The summed E-state index contributed by atoms with van der Waals surface area (Å²) < 4.78 is 0. The van der Waals surface area contributed by atoms with Crippen LogP contribution in [0.2, 0.25) is 0 Å². The number of benzene rings is 4. The highest BCUT2D eigenvalue weighted by Crippen LogP contribution is 2.28. The Bertz CT molecular complexity index is 1730. The summed E-state index contributed by atoms with van der Waals surface area (Å²) in [5.41, 5.74) is 6.54. The summed E-state index contributed by atoms with van der Waals surface area (Å²) >= 11 is 3.69. The van der Waals surface area contributed by atoms with Gasteiger partial charge in [-0.1, -0.05) is 25.0 Å². The monoisotopic (exact) mass is 596 g/mol. The van der Waals surface area contributed by atoms with Gasteiger partial charge >= 0.3 is 0 Å². The molecule has 2 aromatic heterocycles. The summed E-state index contributed by atoms with van der Waals surface area (Å²) in [5, 5.41) is 38.7. The predicted octanol–water partition coefficient (Wildman–Crippen LogP) is 7.63. The first kappa shape index (κ1) is 28.1. The van der Waals surface area contributed by atoms with Crippen LogP contribution in [0.5, 0.6) is 11.5 Å². The van der Waals surface area contributed by atoms with E-state index in [0.29, 0.717) is 11.4 Å². The molecule has 6 aromatic rings. The first-order chi connectivity index (χ1) is 20.4. The number of aromatic nitrogens is 6. The first-order valence-electron chi connectivity index (χ1n) is 14.0. The highest BCUT2D eigenvalue weighted by molar-refractivity contribution is 7.99. The van der Waals surface area contributed by atoms with Gasteiger partial charge in [0, 0.05) is 9.79 Å². The standard InChI is InChI=1S/C32H32N6O2S2/c1-21-7-13-31(39)29(17-21)37-33-25-11-9-23(19-27(25)35-37)41-15-5-3-4-6-16-42-24-10-12-26-28(20-24)36-38(34-26)30-18-22(2)8-14-32(30)40/h7-14,17-20,39-40H,3-6,15-16H2,1-2H3. The Morgan fingerprint density at radius 2 is 0.952 bits per heavy atom. The summed E-state index contributed by atoms with van der Waals surface area (Å²) in [6.07, 6.45) is 4.73. The van der Waals surface area contributed by atoms with Crippen LogP contribution >= 0.6 is 23.5 Å². The second-order valence-corrected chi connectivity index (χ2v) is 12.7. The SMILES string of the molecule is Cc1ccc(O)c(-n2nc3ccc(SCCCCCCSc4ccc5nn(-c6cc(C)ccc6O)nc5c4)cc3n2)c1. The fourth-order valence-electron chi connectivity index (χ4n) is 4.71. The summed E-state index contributed by atoms with van der Waals surface area (Å²) in [6.45, 7) is 3.96. The fourth-order valence-corrected chi connectivity index (χ4v) is 6.60. The van der Waals surface area contributed by atoms with Gasteiger partial charge in [0.1, 0.15) is 44.9 Å². The molecule has 0 aliphatic heterocycles. The molecule has 42 heavy (non-hydrogen) atoms. The van der Waals surface area contributed by atoms with Crippen molar-refractivity contribution < 1.29 is 10.2 Å². The van der Waals surface area contributed by atoms with Crippen molar-refractivity contribution in [1.29, 1.82) is 0 Å². The minimum Gasteiger partial charge on any atom is -0.506 e. The van der Waals surface area contributed by atoms with Gasteiger partial charge in [0.15, 0.2) is 0 Å². The fraction of sp³-hybridized carbons (Fsp3) is 0.250. The Hall–Kier alpha value is -4.02. The summed E-state index contributed by atoms with van der Waals surface area (Å²) in [5.74, 6) is 2.46. The van der Waals surface area contributed by atoms with E-state index in [4.69, 9.17) is 0 Å². The summed E-state index contributed by atoms with van der Waals surface area (Å²) in [7, 11) is 0. The van der Waals surface area contributed by atoms with Crippen molar-refractivity contribution in [1.82, 2.24) is 30.0 Å². The van der Waals surface area contributed by atoms with Crippen molar-refractivity contribution >= 4 is 45.6 Å². The minimum atomic E-state index is 0.166. The topological polar surface area (TPSA) is 102 Å². The molecule has 10 heteroatoms. The largest absolute Gasteiger partial charge is 0.506 e. The van der Waals surface area contributed by atoms with Gasteiger partial charge in [0.25, 0.3) is 0 Å². The zero-order chi connectivity index (χ0) is 29.1. The lowest BCUT2D eigenvalue weighted by Gasteiger charge is -2.03. The van der Waals surface area contributed by atoms with Crippen molar-refractivity contribution in [3.63, 3.8) is 0 Å². The smallest absolute Gasteiger partial charge is 0.143 e. The molecule has 2 N–H and O–H groups in total. The zero-order valence-corrected chi connectivity index (χ0v) is 25.2. The van der Waals surface area contributed by atoms with Crippen molar-refractivity contribution in [2.24, 2.45) is 0 Å². The van der Waals surface area contributed by atoms with E-state index in [2.05, 4.69) is 44.7 Å². The molecule has 0 saturated carbocycles. The third kappa shape index (κ3) is 6.39. The number of hydrogen-bond donors (Lipinski definition) is 2. The van der Waals surface area contributed by atoms with Crippen molar-refractivity contribution in [2.45, 2.75) is 49.3 Å². The van der Waals surface area contributed by atoms with E-state index in [1.807, 2.05) is 73.8 Å². The molecule has 0 fully saturated rings. The lowest BCUT2D eigenvalue weighted by Crippen LogP contribution is -1.99. The van der Waals surface area contributed by atoms with Crippen molar-refractivity contribution in [3.05, 3.63) is 83.9 Å². The van der Waals surface area contributed by atoms with E-state index in [9.17, 15) is 10.2 Å². The van der Waals surface area contributed by atoms with Gasteiger partial charge in [-0.2, -0.15) is 0 Å². The number of thioether (sulfide) groups is 2. The van der Waals surface area contributed by atoms with E-state index in [-0.39, 0.29) is 11.5 Å². The molecule has 0 amide bonds. The van der Waals surface area contributed by atoms with Crippen LogP contribution in [-0.4, -0.2) is 51.7 Å². The van der Waals surface area contributed by atoms with E-state index in [1.54, 1.807) is 12.1 Å². The summed E-state index contributed by atoms with van der Waals surface area (Å²) in [6, 6.07) is 23.2. The maximum Gasteiger partial charge on any atom is 0.143 e. The average Bonchev–Trinajstić information content (AvgIpc) is 3.60. The van der Waals surface area contributed by atoms with Crippen LogP contribution in [0, 0.1) is 13.8 Å². The molecule has 6 rings (SSSR count). The molecule has 0 aliphatic carbocycles. The molecule has 0 unspecified atom stereocenters.